The molecular formula is C11H17ClFN3. The van der Waals surface area contributed by atoms with E-state index in [4.69, 9.17) is 11.6 Å². The predicted molar refractivity (Wildman–Crippen MR) is 65.6 cm³/mol. The van der Waals surface area contributed by atoms with Crippen molar-refractivity contribution in [2.45, 2.75) is 13.8 Å². The van der Waals surface area contributed by atoms with Gasteiger partial charge in [-0.1, -0.05) is 18.5 Å². The lowest BCUT2D eigenvalue weighted by molar-refractivity contribution is 0.603. The Morgan fingerprint density at radius 1 is 1.50 bits per heavy atom. The molecule has 0 aliphatic carbocycles. The maximum atomic E-state index is 13.6. The number of halogens is 2. The third-order valence-corrected chi connectivity index (χ3v) is 2.48. The molecule has 90 valence electrons. The Morgan fingerprint density at radius 2 is 2.25 bits per heavy atom. The molecule has 0 radical (unpaired) electrons. The van der Waals surface area contributed by atoms with E-state index >= 15 is 0 Å². The number of anilines is 1. The van der Waals surface area contributed by atoms with Gasteiger partial charge in [0.25, 0.3) is 0 Å². The molecule has 0 unspecified atom stereocenters. The fourth-order valence-corrected chi connectivity index (χ4v) is 1.59. The molecule has 0 aliphatic rings. The van der Waals surface area contributed by atoms with Crippen molar-refractivity contribution in [1.82, 2.24) is 10.3 Å². The minimum absolute atomic E-state index is 0.323. The van der Waals surface area contributed by atoms with E-state index in [1.54, 1.807) is 0 Å². The highest BCUT2D eigenvalue weighted by molar-refractivity contribution is 6.30. The van der Waals surface area contributed by atoms with Crippen molar-refractivity contribution in [1.29, 1.82) is 0 Å². The van der Waals surface area contributed by atoms with E-state index in [-0.39, 0.29) is 5.82 Å². The van der Waals surface area contributed by atoms with Crippen LogP contribution in [0, 0.1) is 5.82 Å². The molecule has 0 aliphatic heterocycles. The van der Waals surface area contributed by atoms with E-state index in [0.29, 0.717) is 10.8 Å². The van der Waals surface area contributed by atoms with Crippen molar-refractivity contribution < 1.29 is 4.39 Å². The van der Waals surface area contributed by atoms with Gasteiger partial charge in [-0.05, 0) is 19.5 Å². The zero-order valence-corrected chi connectivity index (χ0v) is 10.4. The van der Waals surface area contributed by atoms with Crippen molar-refractivity contribution in [2.24, 2.45) is 0 Å². The van der Waals surface area contributed by atoms with Crippen LogP contribution in [0.4, 0.5) is 10.2 Å². The van der Waals surface area contributed by atoms with E-state index < -0.39 is 0 Å². The Balaban J connectivity index is 2.70. The molecule has 1 N–H and O–H groups in total. The molecule has 0 saturated carbocycles. The van der Waals surface area contributed by atoms with Crippen molar-refractivity contribution in [3.05, 3.63) is 23.1 Å². The molecule has 1 rings (SSSR count). The van der Waals surface area contributed by atoms with E-state index in [0.717, 1.165) is 26.2 Å². The van der Waals surface area contributed by atoms with Gasteiger partial charge in [-0.25, -0.2) is 9.37 Å². The smallest absolute Gasteiger partial charge is 0.167 e. The van der Waals surface area contributed by atoms with Crippen LogP contribution < -0.4 is 10.2 Å². The lowest BCUT2D eigenvalue weighted by atomic mass is 10.4. The summed E-state index contributed by atoms with van der Waals surface area (Å²) in [7, 11) is 0. The monoisotopic (exact) mass is 245 g/mol. The zero-order chi connectivity index (χ0) is 12.0. The summed E-state index contributed by atoms with van der Waals surface area (Å²) in [6.45, 7) is 7.19. The van der Waals surface area contributed by atoms with Crippen molar-refractivity contribution in [3.63, 3.8) is 0 Å². The van der Waals surface area contributed by atoms with Gasteiger partial charge in [-0.2, -0.15) is 0 Å². The Morgan fingerprint density at radius 3 is 2.81 bits per heavy atom. The molecule has 1 aromatic heterocycles. The van der Waals surface area contributed by atoms with Crippen LogP contribution in [0.15, 0.2) is 12.3 Å². The maximum absolute atomic E-state index is 13.6. The summed E-state index contributed by atoms with van der Waals surface area (Å²) in [6.07, 6.45) is 1.47. The molecule has 0 atom stereocenters. The highest BCUT2D eigenvalue weighted by atomic mass is 35.5. The van der Waals surface area contributed by atoms with Crippen molar-refractivity contribution in [2.75, 3.05) is 31.1 Å². The average Bonchev–Trinajstić information content (AvgIpc) is 2.26. The van der Waals surface area contributed by atoms with Crippen LogP contribution in [-0.2, 0) is 0 Å². The molecule has 5 heteroatoms. The first-order valence-corrected chi connectivity index (χ1v) is 5.83. The first-order valence-electron chi connectivity index (χ1n) is 5.45. The minimum atomic E-state index is -0.370. The summed E-state index contributed by atoms with van der Waals surface area (Å²) < 4.78 is 13.6. The molecule has 1 heterocycles. The van der Waals surface area contributed by atoms with Gasteiger partial charge in [0, 0.05) is 25.8 Å². The molecule has 3 nitrogen and oxygen atoms in total. The number of hydrogen-bond acceptors (Lipinski definition) is 3. The van der Waals surface area contributed by atoms with Crippen LogP contribution >= 0.6 is 11.6 Å². The van der Waals surface area contributed by atoms with Crippen LogP contribution in [0.5, 0.6) is 0 Å². The van der Waals surface area contributed by atoms with Gasteiger partial charge < -0.3 is 10.2 Å². The van der Waals surface area contributed by atoms with Crippen molar-refractivity contribution >= 4 is 17.4 Å². The molecule has 0 bridgehead atoms. The average molecular weight is 246 g/mol. The first kappa shape index (κ1) is 13.2. The molecule has 0 amide bonds. The Hall–Kier alpha value is -0.870. The summed E-state index contributed by atoms with van der Waals surface area (Å²) in [5.41, 5.74) is 0. The first-order chi connectivity index (χ1) is 7.69. The SMILES string of the molecule is CCNCCN(CC)c1ncc(Cl)cc1F. The second-order valence-corrected chi connectivity index (χ2v) is 3.83. The summed E-state index contributed by atoms with van der Waals surface area (Å²) in [5.74, 6) is -0.00403. The Labute approximate surface area is 101 Å². The van der Waals surface area contributed by atoms with Gasteiger partial charge >= 0.3 is 0 Å². The van der Waals surface area contributed by atoms with E-state index in [1.165, 1.54) is 12.3 Å². The highest BCUT2D eigenvalue weighted by Crippen LogP contribution is 2.18. The number of aromatic nitrogens is 1. The number of nitrogens with zero attached hydrogens (tertiary/aromatic N) is 2. The number of hydrogen-bond donors (Lipinski definition) is 1. The van der Waals surface area contributed by atoms with Gasteiger partial charge in [0.1, 0.15) is 0 Å². The van der Waals surface area contributed by atoms with Gasteiger partial charge in [0.15, 0.2) is 11.6 Å². The number of pyridine rings is 1. The summed E-state index contributed by atoms with van der Waals surface area (Å²) in [6, 6.07) is 1.29. The van der Waals surface area contributed by atoms with Crippen LogP contribution in [0.1, 0.15) is 13.8 Å². The van der Waals surface area contributed by atoms with E-state index in [2.05, 4.69) is 10.3 Å². The van der Waals surface area contributed by atoms with Crippen molar-refractivity contribution in [3.8, 4) is 0 Å². The standard InChI is InChI=1S/C11H17ClFN3/c1-3-14-5-6-16(4-2)11-10(13)7-9(12)8-15-11/h7-8,14H,3-6H2,1-2H3. The second-order valence-electron chi connectivity index (χ2n) is 3.39. The third-order valence-electron chi connectivity index (χ3n) is 2.28. The van der Waals surface area contributed by atoms with Gasteiger partial charge in [-0.15, -0.1) is 0 Å². The lowest BCUT2D eigenvalue weighted by Gasteiger charge is -2.22. The van der Waals surface area contributed by atoms with Crippen LogP contribution in [0.25, 0.3) is 0 Å². The number of rotatable bonds is 6. The number of likely N-dealkylation sites (N-methyl/N-ethyl adjacent to an activating group) is 2. The molecule has 0 fully saturated rings. The minimum Gasteiger partial charge on any atom is -0.353 e. The summed E-state index contributed by atoms with van der Waals surface area (Å²) in [5, 5.41) is 3.52. The van der Waals surface area contributed by atoms with Gasteiger partial charge in [0.05, 0.1) is 5.02 Å². The maximum Gasteiger partial charge on any atom is 0.167 e. The van der Waals surface area contributed by atoms with E-state index in [1.807, 2.05) is 18.7 Å². The topological polar surface area (TPSA) is 28.2 Å². The normalized spacial score (nSPS) is 10.5. The molecule has 1 aromatic rings. The highest BCUT2D eigenvalue weighted by Gasteiger charge is 2.11. The molecule has 0 saturated heterocycles. The molecular weight excluding hydrogens is 229 g/mol. The summed E-state index contributed by atoms with van der Waals surface area (Å²) >= 11 is 5.66. The van der Waals surface area contributed by atoms with Gasteiger partial charge in [0.2, 0.25) is 0 Å². The fourth-order valence-electron chi connectivity index (χ4n) is 1.44. The quantitative estimate of drug-likeness (QED) is 0.780. The lowest BCUT2D eigenvalue weighted by Crippen LogP contribution is -2.33. The largest absolute Gasteiger partial charge is 0.353 e. The molecule has 0 spiro atoms. The molecule has 0 aromatic carbocycles. The van der Waals surface area contributed by atoms with Crippen LogP contribution in [0.2, 0.25) is 5.02 Å². The third kappa shape index (κ3) is 3.61. The summed E-state index contributed by atoms with van der Waals surface area (Å²) in [4.78, 5) is 5.90. The van der Waals surface area contributed by atoms with Gasteiger partial charge in [-0.3, -0.25) is 0 Å². The molecule has 16 heavy (non-hydrogen) atoms. The predicted octanol–water partition coefficient (Wildman–Crippen LogP) is 2.31. The van der Waals surface area contributed by atoms with Crippen LogP contribution in [-0.4, -0.2) is 31.2 Å². The van der Waals surface area contributed by atoms with E-state index in [9.17, 15) is 4.39 Å². The van der Waals surface area contributed by atoms with Crippen LogP contribution in [0.3, 0.4) is 0 Å². The second kappa shape index (κ2) is 6.66. The Bertz CT molecular complexity index is 333. The Kier molecular flexibility index (Phi) is 5.49. The zero-order valence-electron chi connectivity index (χ0n) is 9.63. The fraction of sp³-hybridized carbons (Fsp3) is 0.545. The number of nitrogens with one attached hydrogen (secondary N) is 1.